The zero-order chi connectivity index (χ0) is 33.9. The van der Waals surface area contributed by atoms with Crippen LogP contribution in [0.1, 0.15) is 49.1 Å². The maximum atomic E-state index is 8.01. The molecule has 254 valence electrons. The topological polar surface area (TPSA) is 53.3 Å². The monoisotopic (exact) mass is 668 g/mol. The Morgan fingerprint density at radius 2 is 1.71 bits per heavy atom. The van der Waals surface area contributed by atoms with E-state index >= 15 is 0 Å². The van der Waals surface area contributed by atoms with Gasteiger partial charge in [-0.25, -0.2) is 0 Å². The van der Waals surface area contributed by atoms with E-state index in [0.717, 1.165) is 25.0 Å². The van der Waals surface area contributed by atoms with Crippen LogP contribution in [0.3, 0.4) is 0 Å². The van der Waals surface area contributed by atoms with E-state index in [9.17, 15) is 0 Å². The number of para-hydroxylation sites is 1. The van der Waals surface area contributed by atoms with E-state index in [-0.39, 0.29) is 12.0 Å². The molecule has 7 atom stereocenters. The van der Waals surface area contributed by atoms with Crippen LogP contribution in [0.2, 0.25) is 0 Å². The van der Waals surface area contributed by atoms with Crippen LogP contribution in [0.25, 0.3) is 27.4 Å². The Labute approximate surface area is 300 Å². The van der Waals surface area contributed by atoms with Gasteiger partial charge in [-0.3, -0.25) is 4.90 Å². The molecule has 7 unspecified atom stereocenters. The van der Waals surface area contributed by atoms with Crippen LogP contribution in [-0.4, -0.2) is 39.9 Å². The maximum Gasteiger partial charge on any atom is 0.157 e. The fourth-order valence-electron chi connectivity index (χ4n) is 9.93. The van der Waals surface area contributed by atoms with E-state index in [4.69, 9.17) is 10.1 Å². The molecule has 5 heteroatoms. The third-order valence-electron chi connectivity index (χ3n) is 12.3. The van der Waals surface area contributed by atoms with E-state index in [1.165, 1.54) is 57.6 Å². The lowest BCUT2D eigenvalue weighted by Gasteiger charge is -2.38. The number of nitrogens with one attached hydrogen (secondary N) is 2. The van der Waals surface area contributed by atoms with Crippen LogP contribution in [0, 0.1) is 17.2 Å². The quantitative estimate of drug-likeness (QED) is 0.152. The molecule has 5 nitrogen and oxygen atoms in total. The van der Waals surface area contributed by atoms with Crippen molar-refractivity contribution in [1.29, 1.82) is 5.41 Å². The first kappa shape index (κ1) is 30.7. The fraction of sp³-hybridized carbons (Fsp3) is 0.283. The second-order valence-corrected chi connectivity index (χ2v) is 15.0. The van der Waals surface area contributed by atoms with Gasteiger partial charge in [-0.2, -0.15) is 0 Å². The molecule has 1 aromatic heterocycles. The number of benzene rings is 3. The van der Waals surface area contributed by atoms with Crippen molar-refractivity contribution in [2.24, 2.45) is 11.8 Å². The van der Waals surface area contributed by atoms with Gasteiger partial charge in [0.15, 0.2) is 5.76 Å². The summed E-state index contributed by atoms with van der Waals surface area (Å²) in [5.41, 5.74) is 9.11. The van der Waals surface area contributed by atoms with E-state index in [2.05, 4.69) is 148 Å². The smallest absolute Gasteiger partial charge is 0.157 e. The Morgan fingerprint density at radius 3 is 2.59 bits per heavy atom. The Hall–Kier alpha value is -5.13. The van der Waals surface area contributed by atoms with Crippen molar-refractivity contribution in [3.8, 4) is 0 Å². The number of fused-ring (bicyclic) bond motifs is 7. The summed E-state index contributed by atoms with van der Waals surface area (Å²) in [4.78, 5) is 2.83. The molecule has 1 fully saturated rings. The fourth-order valence-corrected chi connectivity index (χ4v) is 9.93. The normalized spacial score (nSPS) is 29.5. The molecule has 0 saturated carbocycles. The van der Waals surface area contributed by atoms with E-state index in [1.807, 2.05) is 0 Å². The second kappa shape index (κ2) is 12.6. The number of likely N-dealkylation sites (tertiary alicyclic amines) is 1. The van der Waals surface area contributed by atoms with Crippen molar-refractivity contribution >= 4 is 33.6 Å². The number of allylic oxidation sites excluding steroid dienone is 7. The molecule has 51 heavy (non-hydrogen) atoms. The van der Waals surface area contributed by atoms with Crippen LogP contribution in [0.15, 0.2) is 151 Å². The van der Waals surface area contributed by atoms with Gasteiger partial charge in [-0.05, 0) is 78.7 Å². The predicted octanol–water partition coefficient (Wildman–Crippen LogP) is 9.58. The number of nitrogens with zero attached hydrogens (tertiary/aromatic N) is 2. The van der Waals surface area contributed by atoms with Gasteiger partial charge < -0.3 is 20.0 Å². The molecule has 2 N–H and O–H groups in total. The highest BCUT2D eigenvalue weighted by Gasteiger charge is 2.46. The van der Waals surface area contributed by atoms with Gasteiger partial charge in [-0.1, -0.05) is 109 Å². The van der Waals surface area contributed by atoms with Crippen molar-refractivity contribution in [3.05, 3.63) is 162 Å². The number of aromatic nitrogens is 1. The average Bonchev–Trinajstić information content (AvgIpc) is 3.84. The molecule has 4 aromatic rings. The minimum atomic E-state index is 0.0320. The van der Waals surface area contributed by atoms with Gasteiger partial charge in [0.25, 0.3) is 0 Å². The zero-order valence-electron chi connectivity index (χ0n) is 28.9. The summed E-state index contributed by atoms with van der Waals surface area (Å²) in [6.45, 7) is 0.626. The van der Waals surface area contributed by atoms with E-state index in [0.29, 0.717) is 42.4 Å². The summed E-state index contributed by atoms with van der Waals surface area (Å²) < 4.78 is 8.52. The molecule has 3 aromatic carbocycles. The van der Waals surface area contributed by atoms with Crippen LogP contribution >= 0.6 is 0 Å². The van der Waals surface area contributed by atoms with Crippen molar-refractivity contribution in [2.75, 3.05) is 0 Å². The molecule has 6 aliphatic rings. The Morgan fingerprint density at radius 1 is 0.843 bits per heavy atom. The summed E-state index contributed by atoms with van der Waals surface area (Å²) in [7, 11) is 0. The van der Waals surface area contributed by atoms with Gasteiger partial charge in [0.2, 0.25) is 0 Å². The van der Waals surface area contributed by atoms with Gasteiger partial charge in [0.05, 0.1) is 29.6 Å². The lowest BCUT2D eigenvalue weighted by atomic mass is 9.84. The van der Waals surface area contributed by atoms with E-state index < -0.39 is 0 Å². The summed E-state index contributed by atoms with van der Waals surface area (Å²) >= 11 is 0. The third-order valence-corrected chi connectivity index (χ3v) is 12.3. The first-order valence-electron chi connectivity index (χ1n) is 18.9. The largest absolute Gasteiger partial charge is 0.482 e. The molecule has 10 rings (SSSR count). The zero-order valence-corrected chi connectivity index (χ0v) is 28.9. The minimum absolute atomic E-state index is 0.0320. The highest BCUT2D eigenvalue weighted by molar-refractivity contribution is 6.09. The standard InChI is InChI=1S/C46H44N4O/c47-28-45-46(37-14-6-9-17-44(37)51-45)48-29-49-40-15-7-4-12-35(40)38-26-32(20-24-41(38)49)33-21-25-43-39(27-33)36-13-5-8-16-42(36)50(43)34-22-18-31(19-23-34)30-10-2-1-3-11-30/h1-5,7-13,15-18,20-22,24,26-28,31,34,36-37,42-44,47-48H,6,14,19,23,25,29H2. The number of ether oxygens (including phenoxy) is 1. The number of rotatable bonds is 7. The Bertz CT molecular complexity index is 2250. The van der Waals surface area contributed by atoms with Crippen molar-refractivity contribution in [3.63, 3.8) is 0 Å². The summed E-state index contributed by atoms with van der Waals surface area (Å²) in [6, 6.07) is 28.1. The number of hydrogen-bond acceptors (Lipinski definition) is 4. The van der Waals surface area contributed by atoms with Crippen LogP contribution in [0.4, 0.5) is 0 Å². The summed E-state index contributed by atoms with van der Waals surface area (Å²) in [5.74, 6) is 1.88. The molecule has 3 heterocycles. The lowest BCUT2D eigenvalue weighted by molar-refractivity contribution is 0.157. The van der Waals surface area contributed by atoms with Gasteiger partial charge >= 0.3 is 0 Å². The molecule has 1 saturated heterocycles. The SMILES string of the molecule is N=CC1=C(NCn2c3ccccc3c3cc(C4=CCC5C(=C4)C4C=CC=CC4N5C4C=CC(c5ccccc5)CC4)ccc32)C2CCC=CC2O1. The first-order chi connectivity index (χ1) is 25.2. The van der Waals surface area contributed by atoms with Gasteiger partial charge in [-0.15, -0.1) is 0 Å². The van der Waals surface area contributed by atoms with Crippen molar-refractivity contribution in [1.82, 2.24) is 14.8 Å². The van der Waals surface area contributed by atoms with E-state index in [1.54, 1.807) is 5.57 Å². The molecular formula is C46H44N4O. The minimum Gasteiger partial charge on any atom is -0.482 e. The molecule has 0 radical (unpaired) electrons. The molecule has 0 spiro atoms. The first-order valence-corrected chi connectivity index (χ1v) is 18.9. The Kier molecular flexibility index (Phi) is 7.56. The lowest BCUT2D eigenvalue weighted by Crippen LogP contribution is -2.44. The molecule has 4 aliphatic carbocycles. The summed E-state index contributed by atoms with van der Waals surface area (Å²) in [6.07, 6.45) is 30.7. The van der Waals surface area contributed by atoms with Crippen molar-refractivity contribution < 1.29 is 4.74 Å². The molecular weight excluding hydrogens is 625 g/mol. The maximum absolute atomic E-state index is 8.01. The summed E-state index contributed by atoms with van der Waals surface area (Å²) in [5, 5.41) is 14.3. The van der Waals surface area contributed by atoms with Crippen molar-refractivity contribution in [2.45, 2.75) is 68.9 Å². The average molecular weight is 669 g/mol. The third kappa shape index (κ3) is 5.12. The second-order valence-electron chi connectivity index (χ2n) is 15.0. The molecule has 2 aliphatic heterocycles. The van der Waals surface area contributed by atoms with Crippen LogP contribution < -0.4 is 5.32 Å². The Balaban J connectivity index is 0.946. The molecule has 0 amide bonds. The highest BCUT2D eigenvalue weighted by Crippen LogP contribution is 2.47. The molecule has 0 bridgehead atoms. The van der Waals surface area contributed by atoms with Crippen LogP contribution in [0.5, 0.6) is 0 Å². The van der Waals surface area contributed by atoms with Gasteiger partial charge in [0, 0.05) is 46.7 Å². The predicted molar refractivity (Wildman–Crippen MR) is 208 cm³/mol. The van der Waals surface area contributed by atoms with Gasteiger partial charge in [0.1, 0.15) is 6.10 Å². The number of hydrogen-bond donors (Lipinski definition) is 2. The van der Waals surface area contributed by atoms with Crippen LogP contribution in [-0.2, 0) is 11.4 Å². The highest BCUT2D eigenvalue weighted by atomic mass is 16.5.